The minimum Gasteiger partial charge on any atom is -0.396 e. The Bertz CT molecular complexity index is 772. The van der Waals surface area contributed by atoms with Gasteiger partial charge in [0.2, 0.25) is 0 Å². The molecule has 2 rings (SSSR count). The Hall–Kier alpha value is -2.65. The summed E-state index contributed by atoms with van der Waals surface area (Å²) in [5.74, 6) is -2.81. The van der Waals surface area contributed by atoms with Crippen molar-refractivity contribution >= 4 is 28.9 Å². The molecule has 7 heteroatoms. The molecule has 0 saturated carbocycles. The molecule has 21 heavy (non-hydrogen) atoms. The number of carbonyl (C=O) groups is 1. The minimum atomic E-state index is -1.03. The van der Waals surface area contributed by atoms with Gasteiger partial charge in [0.25, 0.3) is 5.91 Å². The van der Waals surface area contributed by atoms with Crippen LogP contribution in [0.3, 0.4) is 0 Å². The van der Waals surface area contributed by atoms with Crippen LogP contribution in [0.4, 0.5) is 20.2 Å². The third kappa shape index (κ3) is 3.09. The third-order valence-electron chi connectivity index (χ3n) is 2.66. The van der Waals surface area contributed by atoms with Gasteiger partial charge in [-0.3, -0.25) is 4.79 Å². The topological polar surface area (TPSA) is 78.9 Å². The molecule has 0 unspecified atom stereocenters. The monoisotopic (exact) mass is 307 g/mol. The predicted octanol–water partition coefficient (Wildman–Crippen LogP) is 3.32. The normalized spacial score (nSPS) is 10.0. The lowest BCUT2D eigenvalue weighted by atomic mass is 10.1. The number of hydrogen-bond acceptors (Lipinski definition) is 3. The molecule has 0 heterocycles. The first-order valence-electron chi connectivity index (χ1n) is 5.68. The first kappa shape index (κ1) is 14.8. The number of halogens is 3. The molecule has 106 valence electrons. The quantitative estimate of drug-likeness (QED) is 0.835. The molecule has 2 aromatic rings. The van der Waals surface area contributed by atoms with Crippen molar-refractivity contribution in [3.8, 4) is 6.07 Å². The average Bonchev–Trinajstić information content (AvgIpc) is 2.43. The molecule has 0 aliphatic heterocycles. The van der Waals surface area contributed by atoms with E-state index >= 15 is 0 Å². The molecule has 0 aliphatic carbocycles. The number of benzene rings is 2. The Morgan fingerprint density at radius 1 is 1.29 bits per heavy atom. The van der Waals surface area contributed by atoms with Gasteiger partial charge < -0.3 is 11.1 Å². The van der Waals surface area contributed by atoms with Gasteiger partial charge in [-0.05, 0) is 30.3 Å². The van der Waals surface area contributed by atoms with Gasteiger partial charge in [-0.1, -0.05) is 11.6 Å². The van der Waals surface area contributed by atoms with E-state index < -0.39 is 28.8 Å². The molecule has 1 amide bonds. The summed E-state index contributed by atoms with van der Waals surface area (Å²) >= 11 is 5.77. The minimum absolute atomic E-state index is 0.0947. The Labute approximate surface area is 123 Å². The number of nitrogens with zero attached hydrogens (tertiary/aromatic N) is 1. The van der Waals surface area contributed by atoms with Gasteiger partial charge in [-0.2, -0.15) is 5.26 Å². The van der Waals surface area contributed by atoms with Crippen LogP contribution in [0.2, 0.25) is 5.02 Å². The molecular formula is C14H8ClF2N3O. The van der Waals surface area contributed by atoms with E-state index in [9.17, 15) is 13.6 Å². The van der Waals surface area contributed by atoms with Crippen molar-refractivity contribution < 1.29 is 13.6 Å². The molecular weight excluding hydrogens is 300 g/mol. The predicted molar refractivity (Wildman–Crippen MR) is 74.9 cm³/mol. The van der Waals surface area contributed by atoms with Crippen LogP contribution in [0.1, 0.15) is 15.9 Å². The number of amides is 1. The Morgan fingerprint density at radius 2 is 2.00 bits per heavy atom. The summed E-state index contributed by atoms with van der Waals surface area (Å²) in [4.78, 5) is 12.0. The summed E-state index contributed by atoms with van der Waals surface area (Å²) in [5.41, 5.74) is 4.46. The maximum atomic E-state index is 13.8. The number of nitrogen functional groups attached to an aromatic ring is 1. The zero-order valence-electron chi connectivity index (χ0n) is 10.5. The van der Waals surface area contributed by atoms with Crippen molar-refractivity contribution in [1.29, 1.82) is 5.26 Å². The lowest BCUT2D eigenvalue weighted by Gasteiger charge is -2.09. The SMILES string of the molecule is N#Cc1ccc(Cl)cc1NC(=O)c1cc(F)cc(N)c1F. The largest absolute Gasteiger partial charge is 0.396 e. The fourth-order valence-electron chi connectivity index (χ4n) is 1.68. The first-order valence-corrected chi connectivity index (χ1v) is 6.05. The van der Waals surface area contributed by atoms with Crippen molar-refractivity contribution in [2.45, 2.75) is 0 Å². The molecule has 2 aromatic carbocycles. The molecule has 4 nitrogen and oxygen atoms in total. The van der Waals surface area contributed by atoms with Crippen LogP contribution in [-0.2, 0) is 0 Å². The highest BCUT2D eigenvalue weighted by atomic mass is 35.5. The summed E-state index contributed by atoms with van der Waals surface area (Å²) < 4.78 is 27.0. The molecule has 0 atom stereocenters. The van der Waals surface area contributed by atoms with E-state index in [1.807, 2.05) is 6.07 Å². The van der Waals surface area contributed by atoms with Gasteiger partial charge in [0, 0.05) is 5.02 Å². The van der Waals surface area contributed by atoms with Crippen LogP contribution in [0, 0.1) is 23.0 Å². The smallest absolute Gasteiger partial charge is 0.258 e. The van der Waals surface area contributed by atoms with Gasteiger partial charge in [-0.25, -0.2) is 8.78 Å². The molecule has 3 N–H and O–H groups in total. The second-order valence-corrected chi connectivity index (χ2v) is 4.55. The van der Waals surface area contributed by atoms with Crippen LogP contribution in [0.5, 0.6) is 0 Å². The third-order valence-corrected chi connectivity index (χ3v) is 2.90. The van der Waals surface area contributed by atoms with Crippen molar-refractivity contribution in [2.24, 2.45) is 0 Å². The zero-order valence-corrected chi connectivity index (χ0v) is 11.2. The number of carbonyl (C=O) groups excluding carboxylic acids is 1. The molecule has 0 radical (unpaired) electrons. The number of hydrogen-bond donors (Lipinski definition) is 2. The highest BCUT2D eigenvalue weighted by molar-refractivity contribution is 6.31. The molecule has 0 aliphatic rings. The molecule has 0 bridgehead atoms. The maximum Gasteiger partial charge on any atom is 0.258 e. The average molecular weight is 308 g/mol. The highest BCUT2D eigenvalue weighted by Crippen LogP contribution is 2.23. The molecule has 0 saturated heterocycles. The van der Waals surface area contributed by atoms with E-state index in [1.165, 1.54) is 18.2 Å². The Kier molecular flexibility index (Phi) is 4.05. The van der Waals surface area contributed by atoms with Crippen LogP contribution in [-0.4, -0.2) is 5.91 Å². The van der Waals surface area contributed by atoms with Crippen molar-refractivity contribution in [3.63, 3.8) is 0 Å². The summed E-state index contributed by atoms with van der Waals surface area (Å²) in [7, 11) is 0. The fraction of sp³-hybridized carbons (Fsp3) is 0. The molecule has 0 fully saturated rings. The van der Waals surface area contributed by atoms with E-state index in [0.29, 0.717) is 0 Å². The summed E-state index contributed by atoms with van der Waals surface area (Å²) in [6.07, 6.45) is 0. The number of nitrogens with one attached hydrogen (secondary N) is 1. The van der Waals surface area contributed by atoms with E-state index in [-0.39, 0.29) is 16.3 Å². The van der Waals surface area contributed by atoms with Gasteiger partial charge in [0.1, 0.15) is 11.9 Å². The first-order chi connectivity index (χ1) is 9.92. The van der Waals surface area contributed by atoms with Crippen LogP contribution >= 0.6 is 11.6 Å². The van der Waals surface area contributed by atoms with Crippen LogP contribution in [0.25, 0.3) is 0 Å². The van der Waals surface area contributed by atoms with Gasteiger partial charge in [-0.15, -0.1) is 0 Å². The van der Waals surface area contributed by atoms with Crippen molar-refractivity contribution in [2.75, 3.05) is 11.1 Å². The molecule has 0 aromatic heterocycles. The van der Waals surface area contributed by atoms with Gasteiger partial charge in [0.15, 0.2) is 5.82 Å². The molecule has 0 spiro atoms. The number of rotatable bonds is 2. The summed E-state index contributed by atoms with van der Waals surface area (Å²) in [6, 6.07) is 7.54. The zero-order chi connectivity index (χ0) is 15.6. The van der Waals surface area contributed by atoms with Crippen LogP contribution < -0.4 is 11.1 Å². The standard InChI is InChI=1S/C14H8ClF2N3O/c15-8-2-1-7(6-18)12(3-8)20-14(21)10-4-9(16)5-11(19)13(10)17/h1-5H,19H2,(H,20,21). The Balaban J connectivity index is 2.40. The fourth-order valence-corrected chi connectivity index (χ4v) is 1.85. The van der Waals surface area contributed by atoms with Crippen molar-refractivity contribution in [3.05, 3.63) is 58.1 Å². The highest BCUT2D eigenvalue weighted by Gasteiger charge is 2.17. The Morgan fingerprint density at radius 3 is 2.67 bits per heavy atom. The second-order valence-electron chi connectivity index (χ2n) is 4.11. The van der Waals surface area contributed by atoms with E-state index in [4.69, 9.17) is 22.6 Å². The number of nitriles is 1. The summed E-state index contributed by atoms with van der Waals surface area (Å²) in [6.45, 7) is 0. The second kappa shape index (κ2) is 5.77. The lowest BCUT2D eigenvalue weighted by molar-refractivity contribution is 0.102. The number of nitrogens with two attached hydrogens (primary N) is 1. The van der Waals surface area contributed by atoms with Crippen molar-refractivity contribution in [1.82, 2.24) is 0 Å². The van der Waals surface area contributed by atoms with Crippen LogP contribution in [0.15, 0.2) is 30.3 Å². The van der Waals surface area contributed by atoms with Gasteiger partial charge in [0.05, 0.1) is 22.5 Å². The van der Waals surface area contributed by atoms with E-state index in [1.54, 1.807) is 0 Å². The van der Waals surface area contributed by atoms with E-state index in [0.717, 1.165) is 12.1 Å². The maximum absolute atomic E-state index is 13.8. The van der Waals surface area contributed by atoms with E-state index in [2.05, 4.69) is 5.32 Å². The lowest BCUT2D eigenvalue weighted by Crippen LogP contribution is -2.16. The van der Waals surface area contributed by atoms with Gasteiger partial charge >= 0.3 is 0 Å². The number of anilines is 2. The summed E-state index contributed by atoms with van der Waals surface area (Å²) in [5, 5.41) is 11.5.